The van der Waals surface area contributed by atoms with Gasteiger partial charge < -0.3 is 25.4 Å². The number of aromatic nitrogens is 3. The van der Waals surface area contributed by atoms with E-state index in [4.69, 9.17) is 20.2 Å². The lowest BCUT2D eigenvalue weighted by atomic mass is 10.0. The van der Waals surface area contributed by atoms with E-state index in [2.05, 4.69) is 10.3 Å². The molecule has 0 saturated carbocycles. The summed E-state index contributed by atoms with van der Waals surface area (Å²) in [7, 11) is 5.39. The van der Waals surface area contributed by atoms with E-state index < -0.39 is 24.2 Å². The standard InChI is InChI=1S/C33H39FN6O4/c1-7-20(2)31(35)33(42)44-21(3)40-19-28(22-10-11-36-29(34)16-22)27-15-24(18-37-32(27)40)23-13-25(17-26(14-23)43-6)38-30(41)9-8-12-39(4)5/h8-11,13-21,31H,7,12,35H2,1-6H3,(H,38,41)/b9-8+/t20-,21?,31-/m0/s1. The lowest BCUT2D eigenvalue weighted by molar-refractivity contribution is -0.155. The van der Waals surface area contributed by atoms with Crippen LogP contribution in [-0.2, 0) is 14.3 Å². The summed E-state index contributed by atoms with van der Waals surface area (Å²) < 4.78 is 27.2. The SMILES string of the molecule is CC[C@H](C)[C@H](N)C(=O)OC(C)n1cc(-c2ccnc(F)c2)c2cc(-c3cc(NC(=O)/C=C/CN(C)C)cc(OC)c3)cnc21. The van der Waals surface area contributed by atoms with Gasteiger partial charge in [0.15, 0.2) is 6.23 Å². The minimum absolute atomic E-state index is 0.0428. The van der Waals surface area contributed by atoms with Gasteiger partial charge in [-0.15, -0.1) is 0 Å². The Hall–Kier alpha value is -4.61. The van der Waals surface area contributed by atoms with Crippen LogP contribution in [0.1, 0.15) is 33.4 Å². The first-order chi connectivity index (χ1) is 21.0. The molecule has 0 saturated heterocycles. The summed E-state index contributed by atoms with van der Waals surface area (Å²) in [5.41, 5.74) is 9.92. The number of carbonyl (C=O) groups is 2. The highest BCUT2D eigenvalue weighted by molar-refractivity contribution is 6.00. The number of hydrogen-bond donors (Lipinski definition) is 2. The molecule has 4 rings (SSSR count). The van der Waals surface area contributed by atoms with Crippen molar-refractivity contribution in [1.82, 2.24) is 19.4 Å². The van der Waals surface area contributed by atoms with Gasteiger partial charge in [0.2, 0.25) is 11.9 Å². The molecule has 3 heterocycles. The van der Waals surface area contributed by atoms with Crippen molar-refractivity contribution in [2.24, 2.45) is 11.7 Å². The minimum Gasteiger partial charge on any atom is -0.497 e. The van der Waals surface area contributed by atoms with Crippen molar-refractivity contribution in [3.05, 3.63) is 73.1 Å². The topological polar surface area (TPSA) is 125 Å². The van der Waals surface area contributed by atoms with Gasteiger partial charge in [0.1, 0.15) is 17.4 Å². The number of nitrogens with zero attached hydrogens (tertiary/aromatic N) is 4. The van der Waals surface area contributed by atoms with E-state index in [0.29, 0.717) is 40.1 Å². The molecule has 3 aromatic heterocycles. The summed E-state index contributed by atoms with van der Waals surface area (Å²) in [4.78, 5) is 35.7. The Morgan fingerprint density at radius 3 is 2.57 bits per heavy atom. The van der Waals surface area contributed by atoms with Crippen LogP contribution in [0.15, 0.2) is 67.1 Å². The largest absolute Gasteiger partial charge is 0.497 e. The Morgan fingerprint density at radius 2 is 1.89 bits per heavy atom. The van der Waals surface area contributed by atoms with Crippen LogP contribution >= 0.6 is 0 Å². The number of amides is 1. The predicted octanol–water partition coefficient (Wildman–Crippen LogP) is 5.40. The highest BCUT2D eigenvalue weighted by Crippen LogP contribution is 2.36. The van der Waals surface area contributed by atoms with Crippen molar-refractivity contribution in [3.8, 4) is 28.0 Å². The number of hydrogen-bond acceptors (Lipinski definition) is 8. The van der Waals surface area contributed by atoms with Crippen LogP contribution in [0.5, 0.6) is 5.75 Å². The zero-order chi connectivity index (χ0) is 32.0. The second-order valence-electron chi connectivity index (χ2n) is 11.0. The molecule has 232 valence electrons. The van der Waals surface area contributed by atoms with Crippen molar-refractivity contribution >= 4 is 28.6 Å². The number of methoxy groups -OCH3 is 1. The third-order valence-corrected chi connectivity index (χ3v) is 7.40. The number of nitrogens with one attached hydrogen (secondary N) is 1. The van der Waals surface area contributed by atoms with Gasteiger partial charge in [0.25, 0.3) is 0 Å². The van der Waals surface area contributed by atoms with Crippen molar-refractivity contribution in [2.45, 2.75) is 39.5 Å². The Kier molecular flexibility index (Phi) is 10.5. The van der Waals surface area contributed by atoms with Gasteiger partial charge in [-0.3, -0.25) is 14.2 Å². The van der Waals surface area contributed by atoms with Gasteiger partial charge in [-0.1, -0.05) is 26.3 Å². The van der Waals surface area contributed by atoms with Gasteiger partial charge >= 0.3 is 5.97 Å². The van der Waals surface area contributed by atoms with Crippen LogP contribution in [0.4, 0.5) is 10.1 Å². The minimum atomic E-state index is -0.760. The fourth-order valence-electron chi connectivity index (χ4n) is 4.67. The highest BCUT2D eigenvalue weighted by Gasteiger charge is 2.25. The lowest BCUT2D eigenvalue weighted by Crippen LogP contribution is -2.38. The van der Waals surface area contributed by atoms with Gasteiger partial charge in [0.05, 0.1) is 7.11 Å². The van der Waals surface area contributed by atoms with E-state index in [9.17, 15) is 14.0 Å². The molecule has 3 N–H and O–H groups in total. The molecule has 0 aliphatic rings. The molecule has 1 amide bonds. The molecule has 4 aromatic rings. The molecule has 3 atom stereocenters. The first-order valence-corrected chi connectivity index (χ1v) is 14.4. The van der Waals surface area contributed by atoms with E-state index in [1.807, 2.05) is 51.0 Å². The Morgan fingerprint density at radius 1 is 1.11 bits per heavy atom. The number of ether oxygens (including phenoxy) is 2. The van der Waals surface area contributed by atoms with E-state index in [-0.39, 0.29) is 11.8 Å². The van der Waals surface area contributed by atoms with Crippen molar-refractivity contribution in [1.29, 1.82) is 0 Å². The normalized spacial score (nSPS) is 13.7. The molecule has 0 aliphatic carbocycles. The van der Waals surface area contributed by atoms with Crippen molar-refractivity contribution < 1.29 is 23.5 Å². The van der Waals surface area contributed by atoms with E-state index >= 15 is 0 Å². The van der Waals surface area contributed by atoms with Gasteiger partial charge in [0, 0.05) is 65.5 Å². The predicted molar refractivity (Wildman–Crippen MR) is 169 cm³/mol. The molecule has 0 aliphatic heterocycles. The zero-order valence-electron chi connectivity index (χ0n) is 25.9. The fraction of sp³-hybridized carbons (Fsp3) is 0.333. The lowest BCUT2D eigenvalue weighted by Gasteiger charge is -2.21. The maximum atomic E-state index is 14.2. The van der Waals surface area contributed by atoms with Crippen LogP contribution < -0.4 is 15.8 Å². The number of esters is 1. The number of benzene rings is 1. The smallest absolute Gasteiger partial charge is 0.325 e. The van der Waals surface area contributed by atoms with Gasteiger partial charge in [-0.2, -0.15) is 4.39 Å². The first-order valence-electron chi connectivity index (χ1n) is 14.4. The molecule has 10 nitrogen and oxygen atoms in total. The monoisotopic (exact) mass is 602 g/mol. The van der Waals surface area contributed by atoms with E-state index in [1.54, 1.807) is 49.2 Å². The Bertz CT molecular complexity index is 1670. The Labute approximate surface area is 256 Å². The molecular formula is C33H39FN6O4. The second kappa shape index (κ2) is 14.2. The molecule has 0 bridgehead atoms. The van der Waals surface area contributed by atoms with Crippen LogP contribution in [0, 0.1) is 11.9 Å². The molecule has 0 fully saturated rings. The number of likely N-dealkylation sites (N-methyl/N-ethyl adjacent to an activating group) is 1. The van der Waals surface area contributed by atoms with Crippen LogP contribution in [0.25, 0.3) is 33.3 Å². The maximum absolute atomic E-state index is 14.2. The first kappa shape index (κ1) is 32.3. The summed E-state index contributed by atoms with van der Waals surface area (Å²) in [5, 5.41) is 3.58. The number of carbonyl (C=O) groups excluding carboxylic acids is 2. The molecule has 11 heteroatoms. The Balaban J connectivity index is 1.76. The second-order valence-corrected chi connectivity index (χ2v) is 11.0. The van der Waals surface area contributed by atoms with Gasteiger partial charge in [-0.25, -0.2) is 9.97 Å². The van der Waals surface area contributed by atoms with Crippen LogP contribution in [-0.4, -0.2) is 65.1 Å². The fourth-order valence-corrected chi connectivity index (χ4v) is 4.67. The number of rotatable bonds is 12. The molecule has 0 spiro atoms. The molecule has 0 radical (unpaired) electrons. The van der Waals surface area contributed by atoms with Crippen LogP contribution in [0.3, 0.4) is 0 Å². The third kappa shape index (κ3) is 7.66. The number of fused-ring (bicyclic) bond motifs is 1. The number of halogens is 1. The third-order valence-electron chi connectivity index (χ3n) is 7.40. The summed E-state index contributed by atoms with van der Waals surface area (Å²) in [5.74, 6) is -0.903. The molecule has 44 heavy (non-hydrogen) atoms. The molecule has 1 aromatic carbocycles. The quantitative estimate of drug-likeness (QED) is 0.125. The van der Waals surface area contributed by atoms with Crippen molar-refractivity contribution in [3.63, 3.8) is 0 Å². The van der Waals surface area contributed by atoms with Gasteiger partial charge in [-0.05, 0) is 62.3 Å². The average Bonchev–Trinajstić information content (AvgIpc) is 3.39. The number of nitrogens with two attached hydrogens (primary N) is 1. The number of anilines is 1. The van der Waals surface area contributed by atoms with E-state index in [1.165, 1.54) is 18.3 Å². The maximum Gasteiger partial charge on any atom is 0.325 e. The molecule has 1 unspecified atom stereocenters. The highest BCUT2D eigenvalue weighted by atomic mass is 19.1. The summed E-state index contributed by atoms with van der Waals surface area (Å²) in [6, 6.07) is 9.59. The van der Waals surface area contributed by atoms with Crippen molar-refractivity contribution in [2.75, 3.05) is 33.1 Å². The number of pyridine rings is 2. The summed E-state index contributed by atoms with van der Waals surface area (Å²) >= 11 is 0. The van der Waals surface area contributed by atoms with E-state index in [0.717, 1.165) is 17.5 Å². The summed E-state index contributed by atoms with van der Waals surface area (Å²) in [6.07, 6.45) is 8.12. The average molecular weight is 603 g/mol. The summed E-state index contributed by atoms with van der Waals surface area (Å²) in [6.45, 7) is 6.23. The molecular weight excluding hydrogens is 563 g/mol. The van der Waals surface area contributed by atoms with Crippen LogP contribution in [0.2, 0.25) is 0 Å². The zero-order valence-corrected chi connectivity index (χ0v) is 25.9.